The van der Waals surface area contributed by atoms with Crippen molar-refractivity contribution in [2.24, 2.45) is 11.3 Å². The van der Waals surface area contributed by atoms with Gasteiger partial charge in [0.1, 0.15) is 5.60 Å². The Kier molecular flexibility index (Phi) is 1.92. The number of fused-ring (bicyclic) bond motifs is 1. The summed E-state index contributed by atoms with van der Waals surface area (Å²) in [7, 11) is 0. The summed E-state index contributed by atoms with van der Waals surface area (Å²) in [5.41, 5.74) is 1.10. The Morgan fingerprint density at radius 1 is 1.37 bits per heavy atom. The average molecular weight is 264 g/mol. The first-order chi connectivity index (χ1) is 8.82. The minimum absolute atomic E-state index is 0.00667. The maximum atomic E-state index is 11.8. The van der Waals surface area contributed by atoms with Gasteiger partial charge >= 0.3 is 5.97 Å². The van der Waals surface area contributed by atoms with Crippen molar-refractivity contribution in [3.05, 3.63) is 11.1 Å². The standard InChI is InChI=1S/C15H20O4/c1-8-4-5-11-14(18-11)7-15(17)10(6-13(8,14)3)9(2)12(16)19-15/h8,11,17H,4-7H2,1-3H3/t8-,11+,13+,14+,15+/m0/s1. The highest BCUT2D eigenvalue weighted by molar-refractivity contribution is 5.92. The van der Waals surface area contributed by atoms with E-state index in [1.54, 1.807) is 6.92 Å². The molecule has 0 aromatic carbocycles. The molecule has 0 radical (unpaired) electrons. The first-order valence-corrected chi connectivity index (χ1v) is 7.16. The first-order valence-electron chi connectivity index (χ1n) is 7.16. The van der Waals surface area contributed by atoms with Gasteiger partial charge in [0.25, 0.3) is 0 Å². The molecule has 0 amide bonds. The average Bonchev–Trinajstić information content (AvgIpc) is 2.99. The van der Waals surface area contributed by atoms with E-state index in [0.717, 1.165) is 18.4 Å². The molecule has 19 heavy (non-hydrogen) atoms. The second-order valence-electron chi connectivity index (χ2n) is 7.02. The lowest BCUT2D eigenvalue weighted by molar-refractivity contribution is -0.204. The number of rotatable bonds is 0. The van der Waals surface area contributed by atoms with Crippen LogP contribution in [0.3, 0.4) is 0 Å². The van der Waals surface area contributed by atoms with Crippen molar-refractivity contribution in [1.82, 2.24) is 0 Å². The SMILES string of the molecule is CC1=C2C[C@]3(C)[C@@H](C)CC[C@H]4O[C@]43C[C@@]2(O)OC1=O. The number of carbonyl (C=O) groups excluding carboxylic acids is 1. The Morgan fingerprint density at radius 3 is 2.84 bits per heavy atom. The van der Waals surface area contributed by atoms with Gasteiger partial charge in [-0.2, -0.15) is 0 Å². The van der Waals surface area contributed by atoms with Gasteiger partial charge in [0, 0.05) is 23.0 Å². The maximum absolute atomic E-state index is 11.8. The second-order valence-corrected chi connectivity index (χ2v) is 7.02. The summed E-state index contributed by atoms with van der Waals surface area (Å²) in [6.45, 7) is 6.27. The summed E-state index contributed by atoms with van der Waals surface area (Å²) in [5, 5.41) is 10.7. The van der Waals surface area contributed by atoms with Crippen LogP contribution >= 0.6 is 0 Å². The zero-order valence-electron chi connectivity index (χ0n) is 11.7. The topological polar surface area (TPSA) is 59.1 Å². The first kappa shape index (κ1) is 11.9. The molecular weight excluding hydrogens is 244 g/mol. The van der Waals surface area contributed by atoms with Crippen LogP contribution in [0.25, 0.3) is 0 Å². The lowest BCUT2D eigenvalue weighted by atomic mass is 9.53. The number of epoxide rings is 1. The molecule has 4 aliphatic rings. The van der Waals surface area contributed by atoms with E-state index in [1.807, 2.05) is 0 Å². The highest BCUT2D eigenvalue weighted by atomic mass is 16.7. The number of hydrogen-bond acceptors (Lipinski definition) is 4. The molecule has 0 unspecified atom stereocenters. The molecule has 3 fully saturated rings. The van der Waals surface area contributed by atoms with Crippen LogP contribution in [0.15, 0.2) is 11.1 Å². The molecule has 2 aliphatic heterocycles. The van der Waals surface area contributed by atoms with E-state index in [9.17, 15) is 9.90 Å². The Morgan fingerprint density at radius 2 is 2.11 bits per heavy atom. The van der Waals surface area contributed by atoms with Crippen molar-refractivity contribution in [2.75, 3.05) is 0 Å². The van der Waals surface area contributed by atoms with Crippen molar-refractivity contribution in [3.63, 3.8) is 0 Å². The highest BCUT2D eigenvalue weighted by Gasteiger charge is 2.76. The fourth-order valence-electron chi connectivity index (χ4n) is 4.68. The molecule has 0 aromatic rings. The van der Waals surface area contributed by atoms with E-state index in [2.05, 4.69) is 13.8 Å². The van der Waals surface area contributed by atoms with Gasteiger partial charge in [-0.05, 0) is 32.1 Å². The predicted octanol–water partition coefficient (Wildman–Crippen LogP) is 1.92. The van der Waals surface area contributed by atoms with Crippen LogP contribution in [-0.2, 0) is 14.3 Å². The Bertz CT molecular complexity index is 524. The maximum Gasteiger partial charge on any atom is 0.336 e. The van der Waals surface area contributed by atoms with Gasteiger partial charge in [-0.15, -0.1) is 0 Å². The molecule has 4 rings (SSSR count). The zero-order valence-corrected chi connectivity index (χ0v) is 11.7. The van der Waals surface area contributed by atoms with Crippen molar-refractivity contribution in [1.29, 1.82) is 0 Å². The lowest BCUT2D eigenvalue weighted by Crippen LogP contribution is -2.56. The molecule has 1 saturated heterocycles. The third kappa shape index (κ3) is 1.16. The predicted molar refractivity (Wildman–Crippen MR) is 67.1 cm³/mol. The third-order valence-corrected chi connectivity index (χ3v) is 6.27. The van der Waals surface area contributed by atoms with Crippen molar-refractivity contribution in [2.45, 2.75) is 63.9 Å². The molecular formula is C15H20O4. The fourth-order valence-corrected chi connectivity index (χ4v) is 4.68. The van der Waals surface area contributed by atoms with Crippen molar-refractivity contribution >= 4 is 5.97 Å². The van der Waals surface area contributed by atoms with Crippen LogP contribution in [0.5, 0.6) is 0 Å². The summed E-state index contributed by atoms with van der Waals surface area (Å²) in [6, 6.07) is 0. The minimum atomic E-state index is -1.41. The van der Waals surface area contributed by atoms with E-state index in [4.69, 9.17) is 9.47 Å². The van der Waals surface area contributed by atoms with Gasteiger partial charge in [0.2, 0.25) is 5.79 Å². The molecule has 0 bridgehead atoms. The largest absolute Gasteiger partial charge is 0.426 e. The molecule has 2 saturated carbocycles. The van der Waals surface area contributed by atoms with E-state index in [0.29, 0.717) is 24.3 Å². The monoisotopic (exact) mass is 264 g/mol. The third-order valence-electron chi connectivity index (χ3n) is 6.27. The number of hydrogen-bond donors (Lipinski definition) is 1. The summed E-state index contributed by atoms with van der Waals surface area (Å²) in [4.78, 5) is 11.8. The summed E-state index contributed by atoms with van der Waals surface area (Å²) >= 11 is 0. The number of aliphatic hydroxyl groups is 1. The molecule has 4 heteroatoms. The van der Waals surface area contributed by atoms with Crippen LogP contribution < -0.4 is 0 Å². The van der Waals surface area contributed by atoms with Gasteiger partial charge in [-0.3, -0.25) is 0 Å². The quantitative estimate of drug-likeness (QED) is 0.536. The summed E-state index contributed by atoms with van der Waals surface area (Å²) in [5.74, 6) is -1.25. The van der Waals surface area contributed by atoms with Crippen molar-refractivity contribution < 1.29 is 19.4 Å². The van der Waals surface area contributed by atoms with Gasteiger partial charge in [0.05, 0.1) is 6.10 Å². The summed E-state index contributed by atoms with van der Waals surface area (Å²) in [6.07, 6.45) is 3.56. The van der Waals surface area contributed by atoms with Gasteiger partial charge in [-0.1, -0.05) is 13.8 Å². The van der Waals surface area contributed by atoms with Crippen LogP contribution in [0, 0.1) is 11.3 Å². The van der Waals surface area contributed by atoms with Crippen LogP contribution in [0.2, 0.25) is 0 Å². The lowest BCUT2D eigenvalue weighted by Gasteiger charge is -2.51. The van der Waals surface area contributed by atoms with E-state index in [-0.39, 0.29) is 23.1 Å². The van der Waals surface area contributed by atoms with Crippen LogP contribution in [0.1, 0.15) is 46.5 Å². The molecule has 0 aromatic heterocycles. The second kappa shape index (κ2) is 3.07. The smallest absolute Gasteiger partial charge is 0.336 e. The highest BCUT2D eigenvalue weighted by Crippen LogP contribution is 2.69. The van der Waals surface area contributed by atoms with E-state index in [1.165, 1.54) is 0 Å². The van der Waals surface area contributed by atoms with Gasteiger partial charge < -0.3 is 14.6 Å². The van der Waals surface area contributed by atoms with Crippen LogP contribution in [0.4, 0.5) is 0 Å². The normalized spacial score (nSPS) is 55.3. The summed E-state index contributed by atoms with van der Waals surface area (Å²) < 4.78 is 11.3. The molecule has 1 spiro atoms. The van der Waals surface area contributed by atoms with Gasteiger partial charge in [-0.25, -0.2) is 4.79 Å². The molecule has 2 heterocycles. The minimum Gasteiger partial charge on any atom is -0.426 e. The molecule has 4 nitrogen and oxygen atoms in total. The number of ether oxygens (including phenoxy) is 2. The molecule has 2 aliphatic carbocycles. The fraction of sp³-hybridized carbons (Fsp3) is 0.800. The Hall–Kier alpha value is -0.870. The van der Waals surface area contributed by atoms with Gasteiger partial charge in [0.15, 0.2) is 0 Å². The zero-order chi connectivity index (χ0) is 13.6. The molecule has 5 atom stereocenters. The number of carbonyl (C=O) groups is 1. The molecule has 1 N–H and O–H groups in total. The Balaban J connectivity index is 1.83. The van der Waals surface area contributed by atoms with E-state index >= 15 is 0 Å². The Labute approximate surface area is 112 Å². The molecule has 104 valence electrons. The van der Waals surface area contributed by atoms with Crippen LogP contribution in [-0.4, -0.2) is 28.6 Å². The van der Waals surface area contributed by atoms with Crippen molar-refractivity contribution in [3.8, 4) is 0 Å². The van der Waals surface area contributed by atoms with E-state index < -0.39 is 5.79 Å². The number of esters is 1.